The van der Waals surface area contributed by atoms with Gasteiger partial charge in [-0.05, 0) is 53.1 Å². The van der Waals surface area contributed by atoms with Gasteiger partial charge in [0.1, 0.15) is 11.5 Å². The molecule has 27 heavy (non-hydrogen) atoms. The van der Waals surface area contributed by atoms with E-state index < -0.39 is 0 Å². The third-order valence-corrected chi connectivity index (χ3v) is 3.99. The first kappa shape index (κ1) is 18.3. The van der Waals surface area contributed by atoms with Crippen LogP contribution in [-0.2, 0) is 9.59 Å². The number of carbonyl (C=O) groups excluding carboxylic acids is 2. The molecule has 0 amide bonds. The number of nitrogens with zero attached hydrogens (tertiary/aromatic N) is 1. The van der Waals surface area contributed by atoms with Crippen LogP contribution in [0.15, 0.2) is 73.1 Å². The molecule has 2 aromatic carbocycles. The van der Waals surface area contributed by atoms with Crippen LogP contribution in [0, 0.1) is 0 Å². The molecule has 5 nitrogen and oxygen atoms in total. The lowest BCUT2D eigenvalue weighted by molar-refractivity contribution is -0.132. The molecular weight excluding hydrogens is 342 g/mol. The van der Waals surface area contributed by atoms with Gasteiger partial charge in [-0.15, -0.1) is 0 Å². The van der Waals surface area contributed by atoms with Gasteiger partial charge in [0.15, 0.2) is 0 Å². The highest BCUT2D eigenvalue weighted by molar-refractivity contribution is 5.69. The van der Waals surface area contributed by atoms with Gasteiger partial charge >= 0.3 is 11.9 Å². The maximum absolute atomic E-state index is 11.1. The number of ether oxygens (including phenoxy) is 2. The topological polar surface area (TPSA) is 65.5 Å². The molecule has 0 radical (unpaired) electrons. The molecule has 0 aliphatic carbocycles. The molecule has 0 bridgehead atoms. The second-order valence-electron chi connectivity index (χ2n) is 6.04. The van der Waals surface area contributed by atoms with Gasteiger partial charge in [-0.3, -0.25) is 14.6 Å². The summed E-state index contributed by atoms with van der Waals surface area (Å²) < 4.78 is 10.2. The largest absolute Gasteiger partial charge is 0.427 e. The summed E-state index contributed by atoms with van der Waals surface area (Å²) in [7, 11) is 0. The predicted molar refractivity (Wildman–Crippen MR) is 101 cm³/mol. The fraction of sp³-hybridized carbons (Fsp3) is 0.136. The molecule has 0 unspecified atom stereocenters. The van der Waals surface area contributed by atoms with Crippen LogP contribution in [0.1, 0.15) is 36.5 Å². The summed E-state index contributed by atoms with van der Waals surface area (Å²) in [6, 6.07) is 18.8. The lowest BCUT2D eigenvalue weighted by atomic mass is 9.85. The Balaban J connectivity index is 1.97. The average Bonchev–Trinajstić information content (AvgIpc) is 2.65. The number of hydrogen-bond acceptors (Lipinski definition) is 5. The standard InChI is InChI=1S/C22H19NO4/c1-15(24)26-20-7-3-17(4-8-20)22(19-11-13-23-14-12-19)18-5-9-21(10-6-18)27-16(2)25/h3-14,22H,1-2H3. The minimum Gasteiger partial charge on any atom is -0.427 e. The van der Waals surface area contributed by atoms with Crippen LogP contribution in [0.3, 0.4) is 0 Å². The van der Waals surface area contributed by atoms with Gasteiger partial charge < -0.3 is 9.47 Å². The van der Waals surface area contributed by atoms with Gasteiger partial charge in [-0.25, -0.2) is 0 Å². The highest BCUT2D eigenvalue weighted by atomic mass is 16.5. The summed E-state index contributed by atoms with van der Waals surface area (Å²) >= 11 is 0. The molecule has 0 saturated carbocycles. The fourth-order valence-corrected chi connectivity index (χ4v) is 2.92. The summed E-state index contributed by atoms with van der Waals surface area (Å²) in [5, 5.41) is 0. The Morgan fingerprint density at radius 2 is 1.04 bits per heavy atom. The third kappa shape index (κ3) is 4.79. The van der Waals surface area contributed by atoms with E-state index in [4.69, 9.17) is 9.47 Å². The van der Waals surface area contributed by atoms with Gasteiger partial charge in [-0.2, -0.15) is 0 Å². The number of pyridine rings is 1. The summed E-state index contributed by atoms with van der Waals surface area (Å²) in [5.74, 6) is 0.268. The van der Waals surface area contributed by atoms with Gasteiger partial charge in [-0.1, -0.05) is 24.3 Å². The van der Waals surface area contributed by atoms with Crippen molar-refractivity contribution in [3.63, 3.8) is 0 Å². The summed E-state index contributed by atoms with van der Waals surface area (Å²) in [4.78, 5) is 26.3. The number of carbonyl (C=O) groups is 2. The van der Waals surface area contributed by atoms with Crippen LogP contribution in [-0.4, -0.2) is 16.9 Å². The first-order chi connectivity index (χ1) is 13.0. The Labute approximate surface area is 157 Å². The van der Waals surface area contributed by atoms with Crippen LogP contribution in [0.2, 0.25) is 0 Å². The van der Waals surface area contributed by atoms with Gasteiger partial charge in [0, 0.05) is 32.2 Å². The quantitative estimate of drug-likeness (QED) is 0.505. The molecule has 1 aromatic heterocycles. The maximum atomic E-state index is 11.1. The lowest BCUT2D eigenvalue weighted by Crippen LogP contribution is -2.06. The van der Waals surface area contributed by atoms with E-state index in [1.165, 1.54) is 13.8 Å². The number of benzene rings is 2. The van der Waals surface area contributed by atoms with Crippen LogP contribution < -0.4 is 9.47 Å². The predicted octanol–water partition coefficient (Wildman–Crippen LogP) is 4.11. The first-order valence-corrected chi connectivity index (χ1v) is 8.49. The molecule has 5 heteroatoms. The van der Waals surface area contributed by atoms with Crippen molar-refractivity contribution in [1.29, 1.82) is 0 Å². The summed E-state index contributed by atoms with van der Waals surface area (Å²) in [6.45, 7) is 2.75. The van der Waals surface area contributed by atoms with Crippen molar-refractivity contribution in [2.45, 2.75) is 19.8 Å². The van der Waals surface area contributed by atoms with Gasteiger partial charge in [0.05, 0.1) is 0 Å². The Hall–Kier alpha value is -3.47. The highest BCUT2D eigenvalue weighted by Crippen LogP contribution is 2.33. The SMILES string of the molecule is CC(=O)Oc1ccc(C(c2ccncc2)c2ccc(OC(C)=O)cc2)cc1. The monoisotopic (exact) mass is 361 g/mol. The molecule has 0 aliphatic heterocycles. The van der Waals surface area contributed by atoms with Crippen molar-refractivity contribution in [2.75, 3.05) is 0 Å². The molecule has 1 heterocycles. The van der Waals surface area contributed by atoms with E-state index in [0.29, 0.717) is 11.5 Å². The number of hydrogen-bond donors (Lipinski definition) is 0. The fourth-order valence-electron chi connectivity index (χ4n) is 2.92. The second kappa shape index (κ2) is 8.27. The van der Waals surface area contributed by atoms with E-state index >= 15 is 0 Å². The van der Waals surface area contributed by atoms with E-state index in [-0.39, 0.29) is 17.9 Å². The number of aromatic nitrogens is 1. The van der Waals surface area contributed by atoms with Crippen LogP contribution in [0.5, 0.6) is 11.5 Å². The Kier molecular flexibility index (Phi) is 5.61. The average molecular weight is 361 g/mol. The van der Waals surface area contributed by atoms with E-state index in [2.05, 4.69) is 4.98 Å². The Bertz CT molecular complexity index is 859. The van der Waals surface area contributed by atoms with Crippen molar-refractivity contribution < 1.29 is 19.1 Å². The van der Waals surface area contributed by atoms with Gasteiger partial charge in [0.2, 0.25) is 0 Å². The second-order valence-corrected chi connectivity index (χ2v) is 6.04. The van der Waals surface area contributed by atoms with E-state index in [9.17, 15) is 9.59 Å². The molecule has 0 saturated heterocycles. The third-order valence-electron chi connectivity index (χ3n) is 3.99. The number of esters is 2. The molecule has 0 fully saturated rings. The molecule has 3 aromatic rings. The molecule has 0 aliphatic rings. The molecule has 0 N–H and O–H groups in total. The van der Waals surface area contributed by atoms with Crippen molar-refractivity contribution >= 4 is 11.9 Å². The van der Waals surface area contributed by atoms with Crippen LogP contribution >= 0.6 is 0 Å². The normalized spacial score (nSPS) is 10.5. The van der Waals surface area contributed by atoms with Crippen molar-refractivity contribution in [2.24, 2.45) is 0 Å². The Morgan fingerprint density at radius 3 is 1.41 bits per heavy atom. The maximum Gasteiger partial charge on any atom is 0.308 e. The van der Waals surface area contributed by atoms with E-state index in [1.54, 1.807) is 36.7 Å². The zero-order valence-electron chi connectivity index (χ0n) is 15.1. The smallest absolute Gasteiger partial charge is 0.308 e. The Morgan fingerprint density at radius 1 is 0.667 bits per heavy atom. The zero-order valence-corrected chi connectivity index (χ0v) is 15.1. The first-order valence-electron chi connectivity index (χ1n) is 8.49. The summed E-state index contributed by atoms with van der Waals surface area (Å²) in [6.07, 6.45) is 3.51. The van der Waals surface area contributed by atoms with Crippen LogP contribution in [0.25, 0.3) is 0 Å². The van der Waals surface area contributed by atoms with E-state index in [0.717, 1.165) is 16.7 Å². The van der Waals surface area contributed by atoms with Crippen LogP contribution in [0.4, 0.5) is 0 Å². The molecular formula is C22H19NO4. The van der Waals surface area contributed by atoms with Crippen molar-refractivity contribution in [1.82, 2.24) is 4.98 Å². The van der Waals surface area contributed by atoms with Crippen molar-refractivity contribution in [3.8, 4) is 11.5 Å². The molecule has 0 atom stereocenters. The minimum atomic E-state index is -0.352. The summed E-state index contributed by atoms with van der Waals surface area (Å²) in [5.41, 5.74) is 3.15. The lowest BCUT2D eigenvalue weighted by Gasteiger charge is -2.19. The highest BCUT2D eigenvalue weighted by Gasteiger charge is 2.17. The molecule has 136 valence electrons. The van der Waals surface area contributed by atoms with E-state index in [1.807, 2.05) is 36.4 Å². The zero-order chi connectivity index (χ0) is 19.2. The minimum absolute atomic E-state index is 0.0363. The number of rotatable bonds is 5. The van der Waals surface area contributed by atoms with Crippen molar-refractivity contribution in [3.05, 3.63) is 89.7 Å². The molecule has 0 spiro atoms. The molecule has 3 rings (SSSR count). The van der Waals surface area contributed by atoms with Gasteiger partial charge in [0.25, 0.3) is 0 Å².